The molecule has 0 spiro atoms. The van der Waals surface area contributed by atoms with Crippen LogP contribution >= 0.6 is 0 Å². The third-order valence-electron chi connectivity index (χ3n) is 4.45. The average molecular weight is 349 g/mol. The highest BCUT2D eigenvalue weighted by Crippen LogP contribution is 2.33. The Balaban J connectivity index is 2.29. The number of hydrogen-bond acceptors (Lipinski definition) is 3. The van der Waals surface area contributed by atoms with E-state index < -0.39 is 5.41 Å². The molecule has 0 unspecified atom stereocenters. The maximum Gasteiger partial charge on any atom is 0.130 e. The van der Waals surface area contributed by atoms with Crippen LogP contribution in [-0.4, -0.2) is 24.8 Å². The minimum atomic E-state index is -0.547. The number of nitriles is 1. The number of rotatable bonds is 6. The number of aryl methyl sites for hydroxylation is 2. The lowest BCUT2D eigenvalue weighted by Gasteiger charge is -2.17. The highest BCUT2D eigenvalue weighted by Gasteiger charge is 2.20. The lowest BCUT2D eigenvalue weighted by molar-refractivity contribution is 0.476. The number of benzene rings is 2. The first-order chi connectivity index (χ1) is 12.3. The van der Waals surface area contributed by atoms with E-state index in [1.165, 1.54) is 0 Å². The Hall–Kier alpha value is -2.80. The van der Waals surface area contributed by atoms with E-state index in [1.54, 1.807) is 0 Å². The molecule has 2 aromatic rings. The molecule has 0 fully saturated rings. The van der Waals surface area contributed by atoms with E-state index in [2.05, 4.69) is 18.0 Å². The van der Waals surface area contributed by atoms with Crippen LogP contribution in [0.4, 0.5) is 5.69 Å². The van der Waals surface area contributed by atoms with Gasteiger partial charge in [-0.2, -0.15) is 5.26 Å². The number of nitrogens with zero attached hydrogens (tertiary/aromatic N) is 3. The summed E-state index contributed by atoms with van der Waals surface area (Å²) in [7, 11) is 2.00. The van der Waals surface area contributed by atoms with Crippen molar-refractivity contribution < 1.29 is 4.74 Å². The summed E-state index contributed by atoms with van der Waals surface area (Å²) in [4.78, 5) is 6.58. The normalized spacial score (nSPS) is 11.4. The highest BCUT2D eigenvalue weighted by molar-refractivity contribution is 5.64. The van der Waals surface area contributed by atoms with Gasteiger partial charge in [0.15, 0.2) is 0 Å². The third-order valence-corrected chi connectivity index (χ3v) is 4.45. The molecule has 0 N–H and O–H groups in total. The van der Waals surface area contributed by atoms with Gasteiger partial charge in [0.05, 0.1) is 23.5 Å². The van der Waals surface area contributed by atoms with Crippen molar-refractivity contribution in [1.82, 2.24) is 4.90 Å². The predicted octanol–water partition coefficient (Wildman–Crippen LogP) is 5.51. The van der Waals surface area contributed by atoms with Gasteiger partial charge in [-0.15, -0.1) is 0 Å². The molecule has 4 heteroatoms. The molecule has 0 aliphatic heterocycles. The maximum absolute atomic E-state index is 9.34. The number of hydrogen-bond donors (Lipinski definition) is 0. The van der Waals surface area contributed by atoms with Gasteiger partial charge in [-0.1, -0.05) is 12.1 Å². The zero-order valence-electron chi connectivity index (χ0n) is 16.5. The molecule has 2 aromatic carbocycles. The summed E-state index contributed by atoms with van der Waals surface area (Å²) in [5.74, 6) is 1.53. The van der Waals surface area contributed by atoms with E-state index >= 15 is 0 Å². The zero-order valence-corrected chi connectivity index (χ0v) is 16.5. The molecule has 0 saturated heterocycles. The van der Waals surface area contributed by atoms with Crippen molar-refractivity contribution in [2.24, 2.45) is 4.99 Å². The molecule has 0 aliphatic carbocycles. The molecule has 0 amide bonds. The Morgan fingerprint density at radius 2 is 1.92 bits per heavy atom. The smallest absolute Gasteiger partial charge is 0.130 e. The van der Waals surface area contributed by atoms with Crippen molar-refractivity contribution in [3.05, 3.63) is 53.1 Å². The van der Waals surface area contributed by atoms with Gasteiger partial charge in [-0.3, -0.25) is 0 Å². The van der Waals surface area contributed by atoms with Crippen LogP contribution in [0, 0.1) is 25.2 Å². The van der Waals surface area contributed by atoms with Gasteiger partial charge >= 0.3 is 0 Å². The van der Waals surface area contributed by atoms with Crippen LogP contribution in [0.5, 0.6) is 11.5 Å². The van der Waals surface area contributed by atoms with Gasteiger partial charge in [-0.05, 0) is 75.6 Å². The SMILES string of the molecule is CCN(C)/C=N/c1cc(C)c(Oc2cccc(C(C)(C)C#N)c2)cc1C. The molecule has 4 nitrogen and oxygen atoms in total. The molecule has 0 heterocycles. The molecule has 0 aromatic heterocycles. The Morgan fingerprint density at radius 3 is 2.58 bits per heavy atom. The third kappa shape index (κ3) is 4.64. The predicted molar refractivity (Wildman–Crippen MR) is 108 cm³/mol. The summed E-state index contributed by atoms with van der Waals surface area (Å²) < 4.78 is 6.10. The molecule has 136 valence electrons. The monoisotopic (exact) mass is 349 g/mol. The van der Waals surface area contributed by atoms with E-state index in [-0.39, 0.29) is 0 Å². The van der Waals surface area contributed by atoms with Crippen molar-refractivity contribution >= 4 is 12.0 Å². The minimum Gasteiger partial charge on any atom is -0.457 e. The summed E-state index contributed by atoms with van der Waals surface area (Å²) in [6.07, 6.45) is 1.84. The van der Waals surface area contributed by atoms with Gasteiger partial charge in [-0.25, -0.2) is 4.99 Å². The number of ether oxygens (including phenoxy) is 1. The molecule has 2 rings (SSSR count). The Morgan fingerprint density at radius 1 is 1.19 bits per heavy atom. The first-order valence-electron chi connectivity index (χ1n) is 8.82. The summed E-state index contributed by atoms with van der Waals surface area (Å²) in [6, 6.07) is 14.1. The molecule has 0 bridgehead atoms. The van der Waals surface area contributed by atoms with Crippen LogP contribution in [0.1, 0.15) is 37.5 Å². The van der Waals surface area contributed by atoms with Crippen molar-refractivity contribution in [2.45, 2.75) is 40.0 Å². The summed E-state index contributed by atoms with van der Waals surface area (Å²) in [5.41, 5.74) is 3.41. The van der Waals surface area contributed by atoms with Gasteiger partial charge in [0.2, 0.25) is 0 Å². The quantitative estimate of drug-likeness (QED) is 0.510. The van der Waals surface area contributed by atoms with Gasteiger partial charge in [0.1, 0.15) is 11.5 Å². The van der Waals surface area contributed by atoms with Crippen LogP contribution in [0.15, 0.2) is 41.4 Å². The van der Waals surface area contributed by atoms with Crippen molar-refractivity contribution in [1.29, 1.82) is 5.26 Å². The molecule has 26 heavy (non-hydrogen) atoms. The zero-order chi connectivity index (χ0) is 19.3. The second kappa shape index (κ2) is 8.05. The highest BCUT2D eigenvalue weighted by atomic mass is 16.5. The van der Waals surface area contributed by atoms with Crippen LogP contribution in [0.25, 0.3) is 0 Å². The number of aliphatic imine (C=N–C) groups is 1. The fraction of sp³-hybridized carbons (Fsp3) is 0.364. The van der Waals surface area contributed by atoms with Crippen molar-refractivity contribution in [3.63, 3.8) is 0 Å². The van der Waals surface area contributed by atoms with Gasteiger partial charge in [0.25, 0.3) is 0 Å². The molecule has 0 aliphatic rings. The van der Waals surface area contributed by atoms with Crippen molar-refractivity contribution in [3.8, 4) is 17.6 Å². The topological polar surface area (TPSA) is 48.6 Å². The van der Waals surface area contributed by atoms with E-state index in [9.17, 15) is 5.26 Å². The fourth-order valence-corrected chi connectivity index (χ4v) is 2.41. The van der Waals surface area contributed by atoms with Crippen molar-refractivity contribution in [2.75, 3.05) is 13.6 Å². The van der Waals surface area contributed by atoms with E-state index in [1.807, 2.05) is 82.4 Å². The minimum absolute atomic E-state index is 0.547. The summed E-state index contributed by atoms with van der Waals surface area (Å²) in [5, 5.41) is 9.34. The molecule has 0 atom stereocenters. The van der Waals surface area contributed by atoms with E-state index in [0.717, 1.165) is 40.4 Å². The molecular weight excluding hydrogens is 322 g/mol. The summed E-state index contributed by atoms with van der Waals surface area (Å²) >= 11 is 0. The van der Waals surface area contributed by atoms with Crippen LogP contribution in [-0.2, 0) is 5.41 Å². The van der Waals surface area contributed by atoms with E-state index in [0.29, 0.717) is 0 Å². The first-order valence-corrected chi connectivity index (χ1v) is 8.82. The summed E-state index contributed by atoms with van der Waals surface area (Å²) in [6.45, 7) is 10.9. The standard InChI is InChI=1S/C22H27N3O/c1-7-25(6)15-24-20-11-17(3)21(12-16(20)2)26-19-10-8-9-18(13-19)22(4,5)14-23/h8-13,15H,7H2,1-6H3/b24-15+. The molecule has 0 radical (unpaired) electrons. The van der Waals surface area contributed by atoms with Crippen LogP contribution in [0.3, 0.4) is 0 Å². The lowest BCUT2D eigenvalue weighted by atomic mass is 9.86. The first kappa shape index (κ1) is 19.5. The average Bonchev–Trinajstić information content (AvgIpc) is 2.63. The molecule has 0 saturated carbocycles. The van der Waals surface area contributed by atoms with Gasteiger partial charge in [0, 0.05) is 13.6 Å². The van der Waals surface area contributed by atoms with E-state index in [4.69, 9.17) is 4.74 Å². The Bertz CT molecular complexity index is 847. The Labute approximate surface area is 156 Å². The Kier molecular flexibility index (Phi) is 6.05. The fourth-order valence-electron chi connectivity index (χ4n) is 2.41. The van der Waals surface area contributed by atoms with Crippen LogP contribution < -0.4 is 4.74 Å². The maximum atomic E-state index is 9.34. The van der Waals surface area contributed by atoms with Gasteiger partial charge < -0.3 is 9.64 Å². The largest absolute Gasteiger partial charge is 0.457 e. The second-order valence-corrected chi connectivity index (χ2v) is 7.09. The lowest BCUT2D eigenvalue weighted by Crippen LogP contribution is -2.14. The van der Waals surface area contributed by atoms with Crippen LogP contribution in [0.2, 0.25) is 0 Å². The molecular formula is C22H27N3O. The second-order valence-electron chi connectivity index (χ2n) is 7.09.